The molecule has 81 heavy (non-hydrogen) atoms. The first kappa shape index (κ1) is 57.3. The zero-order valence-corrected chi connectivity index (χ0v) is 48.8. The molecule has 3 saturated heterocycles. The minimum Gasteiger partial charge on any atom is -0.492 e. The number of sulfone groups is 1. The summed E-state index contributed by atoms with van der Waals surface area (Å²) in [6.45, 7) is 25.9. The third kappa shape index (κ3) is 12.3. The van der Waals surface area contributed by atoms with Crippen molar-refractivity contribution in [2.75, 3.05) is 107 Å². The van der Waals surface area contributed by atoms with Crippen molar-refractivity contribution in [3.8, 4) is 5.75 Å². The Hall–Kier alpha value is -6.92. The summed E-state index contributed by atoms with van der Waals surface area (Å²) in [7, 11) is -3.84. The van der Waals surface area contributed by atoms with E-state index in [9.17, 15) is 27.2 Å². The van der Waals surface area contributed by atoms with Crippen LogP contribution in [0.3, 0.4) is 0 Å². The van der Waals surface area contributed by atoms with E-state index in [1.54, 1.807) is 57.4 Å². The molecule has 6 aromatic rings. The predicted molar refractivity (Wildman–Crippen MR) is 310 cm³/mol. The van der Waals surface area contributed by atoms with Gasteiger partial charge in [0.15, 0.2) is 15.7 Å². The Morgan fingerprint density at radius 3 is 2.37 bits per heavy atom. The summed E-state index contributed by atoms with van der Waals surface area (Å²) in [5.74, 6) is 1.48. The van der Waals surface area contributed by atoms with Gasteiger partial charge >= 0.3 is 0 Å². The third-order valence-electron chi connectivity index (χ3n) is 16.5. The van der Waals surface area contributed by atoms with Gasteiger partial charge in [-0.3, -0.25) is 34.2 Å². The topological polar surface area (TPSA) is 234 Å². The molecule has 4 aromatic heterocycles. The van der Waals surface area contributed by atoms with E-state index in [1.807, 2.05) is 43.6 Å². The molecule has 4 aliphatic rings. The van der Waals surface area contributed by atoms with Crippen LogP contribution >= 0.6 is 0 Å². The summed E-state index contributed by atoms with van der Waals surface area (Å²) < 4.78 is 46.8. The third-order valence-corrected chi connectivity index (χ3v) is 19.0. The molecule has 4 aliphatic heterocycles. The van der Waals surface area contributed by atoms with E-state index in [4.69, 9.17) is 9.72 Å². The van der Waals surface area contributed by atoms with Gasteiger partial charge in [0, 0.05) is 142 Å². The van der Waals surface area contributed by atoms with Crippen molar-refractivity contribution in [3.63, 3.8) is 0 Å². The van der Waals surface area contributed by atoms with Crippen LogP contribution in [0, 0.1) is 19.7 Å². The maximum absolute atomic E-state index is 14.4. The van der Waals surface area contributed by atoms with Gasteiger partial charge in [-0.1, -0.05) is 26.0 Å². The predicted octanol–water partition coefficient (Wildman–Crippen LogP) is 5.22. The average molecular weight is 1130 g/mol. The second-order valence-corrected chi connectivity index (χ2v) is 26.6. The van der Waals surface area contributed by atoms with Crippen LogP contribution in [-0.4, -0.2) is 190 Å². The molecule has 4 N–H and O–H groups in total. The van der Waals surface area contributed by atoms with Gasteiger partial charge in [-0.25, -0.2) is 32.7 Å². The first-order valence-electron chi connectivity index (χ1n) is 28.1. The maximum atomic E-state index is 14.4. The normalized spacial score (nSPS) is 20.2. The molecule has 0 saturated carbocycles. The number of benzene rings is 2. The van der Waals surface area contributed by atoms with Gasteiger partial charge in [0.1, 0.15) is 40.1 Å². The molecule has 0 spiro atoms. The summed E-state index contributed by atoms with van der Waals surface area (Å²) in [6, 6.07) is 11.7. The number of aromatic nitrogens is 7. The number of hydrogen-bond donors (Lipinski definition) is 4. The van der Waals surface area contributed by atoms with Crippen LogP contribution in [0.2, 0.25) is 0 Å². The minimum absolute atomic E-state index is 0.0108. The zero-order chi connectivity index (χ0) is 57.5. The molecule has 0 bridgehead atoms. The second kappa shape index (κ2) is 23.1. The monoisotopic (exact) mass is 1130 g/mol. The average Bonchev–Trinajstić information content (AvgIpc) is 3.85. The van der Waals surface area contributed by atoms with Crippen molar-refractivity contribution in [2.45, 2.75) is 108 Å². The van der Waals surface area contributed by atoms with Crippen LogP contribution in [0.1, 0.15) is 93.5 Å². The van der Waals surface area contributed by atoms with Gasteiger partial charge in [0.2, 0.25) is 5.91 Å². The maximum Gasteiger partial charge on any atom is 0.274 e. The molecule has 0 unspecified atom stereocenters. The number of hydrogen-bond acceptors (Lipinski definition) is 17. The summed E-state index contributed by atoms with van der Waals surface area (Å²) in [5.41, 5.74) is 4.85. The highest BCUT2D eigenvalue weighted by Gasteiger charge is 2.42. The number of aromatic amines is 2. The Labute approximate surface area is 473 Å². The number of nitrogens with zero attached hydrogens (tertiary/aromatic N) is 11. The largest absolute Gasteiger partial charge is 0.492 e. The van der Waals surface area contributed by atoms with Crippen LogP contribution in [-0.2, 0) is 26.5 Å². The number of aryl methyl sites for hydroxylation is 1. The van der Waals surface area contributed by atoms with Crippen molar-refractivity contribution in [2.24, 2.45) is 0 Å². The fourth-order valence-corrected chi connectivity index (χ4v) is 12.7. The Morgan fingerprint density at radius 1 is 0.914 bits per heavy atom. The summed E-state index contributed by atoms with van der Waals surface area (Å²) in [5, 5.41) is 14.7. The van der Waals surface area contributed by atoms with Crippen molar-refractivity contribution < 1.29 is 27.1 Å². The van der Waals surface area contributed by atoms with Crippen molar-refractivity contribution in [1.29, 1.82) is 0 Å². The molecule has 0 aliphatic carbocycles. The highest BCUT2D eigenvalue weighted by molar-refractivity contribution is 7.92. The van der Waals surface area contributed by atoms with Crippen LogP contribution in [0.25, 0.3) is 10.9 Å². The van der Waals surface area contributed by atoms with E-state index < -0.39 is 20.0 Å². The lowest BCUT2D eigenvalue weighted by molar-refractivity contribution is -0.120. The van der Waals surface area contributed by atoms with Gasteiger partial charge in [0.05, 0.1) is 41.5 Å². The molecule has 8 heterocycles. The van der Waals surface area contributed by atoms with Crippen LogP contribution < -0.4 is 30.7 Å². The van der Waals surface area contributed by atoms with E-state index in [1.165, 1.54) is 18.5 Å². The summed E-state index contributed by atoms with van der Waals surface area (Å²) in [6.07, 6.45) is 5.66. The Morgan fingerprint density at radius 2 is 1.68 bits per heavy atom. The van der Waals surface area contributed by atoms with E-state index >= 15 is 0 Å². The number of fused-ring (bicyclic) bond motifs is 2. The SMILES string of the molecule is Cc1[nH]nc(Nc2ncnc3cc(OCCCN4CCN(C(=O)c5cnc(N6CCN(C[C@H]7CN[C@H](C)CN7CC(=O)N7CC(C)(C)c8[nH]c(=O)c(Cc9ccc(F)cc9)cc87)[C@H](C)C6)cn5)CC4)c(S(=O)(=O)C(C)(C)C)cc23)c1C. The number of pyridine rings is 1. The number of halogens is 1. The van der Waals surface area contributed by atoms with Gasteiger partial charge in [0.25, 0.3) is 11.5 Å². The number of nitrogens with one attached hydrogen (secondary N) is 4. The van der Waals surface area contributed by atoms with Crippen molar-refractivity contribution in [1.82, 2.24) is 60.0 Å². The molecule has 432 valence electrons. The standard InChI is InChI=1S/C58H76FN15O6S/c1-36-30-73(33-51(75)74-34-58(8,9)52-47(74)24-41(55(76)65-52)23-40-11-13-42(59)14-12-40)43(27-60-36)32-71-20-21-72(31-37(71)2)50-29-61-46(28-62-50)56(77)70-18-16-69(17-19-70)15-10-22-80-48-26-45-44(25-49(48)81(78,79)57(5,6)7)54(64-35-63-45)66-53-38(3)39(4)67-68-53/h11-14,24-26,28-29,35-37,43,60H,10,15-23,27,30-34H2,1-9H3,(H,65,76)(H2,63,64,66,67,68)/t36-,37-,43-/m1/s1. The van der Waals surface area contributed by atoms with Crippen LogP contribution in [0.15, 0.2) is 70.9 Å². The molecule has 21 nitrogen and oxygen atoms in total. The molecule has 23 heteroatoms. The Bertz CT molecular complexity index is 3450. The highest BCUT2D eigenvalue weighted by atomic mass is 32.2. The Kier molecular flexibility index (Phi) is 16.4. The van der Waals surface area contributed by atoms with Crippen LogP contribution in [0.5, 0.6) is 5.75 Å². The lowest BCUT2D eigenvalue weighted by atomic mass is 9.91. The number of anilines is 4. The number of ether oxygens (including phenoxy) is 1. The van der Waals surface area contributed by atoms with Gasteiger partial charge < -0.3 is 35.1 Å². The first-order chi connectivity index (χ1) is 38.5. The van der Waals surface area contributed by atoms with Gasteiger partial charge in [-0.05, 0) is 84.7 Å². The van der Waals surface area contributed by atoms with E-state index in [0.717, 1.165) is 73.3 Å². The summed E-state index contributed by atoms with van der Waals surface area (Å²) in [4.78, 5) is 75.7. The molecule has 10 rings (SSSR count). The number of amides is 2. The number of carbonyl (C=O) groups excluding carboxylic acids is 2. The van der Waals surface area contributed by atoms with Gasteiger partial charge in [-0.15, -0.1) is 0 Å². The van der Waals surface area contributed by atoms with E-state index in [2.05, 4.69) is 74.2 Å². The lowest BCUT2D eigenvalue weighted by Crippen LogP contribution is -2.63. The lowest BCUT2D eigenvalue weighted by Gasteiger charge is -2.46. The molecule has 0 radical (unpaired) electrons. The molecule has 3 atom stereocenters. The number of carbonyl (C=O) groups is 2. The van der Waals surface area contributed by atoms with Crippen molar-refractivity contribution in [3.05, 3.63) is 111 Å². The number of piperazine rings is 3. The smallest absolute Gasteiger partial charge is 0.274 e. The Balaban J connectivity index is 0.696. The highest BCUT2D eigenvalue weighted by Crippen LogP contribution is 2.40. The minimum atomic E-state index is -3.84. The first-order valence-corrected chi connectivity index (χ1v) is 29.6. The van der Waals surface area contributed by atoms with E-state index in [-0.39, 0.29) is 65.1 Å². The van der Waals surface area contributed by atoms with Crippen LogP contribution in [0.4, 0.5) is 27.5 Å². The van der Waals surface area contributed by atoms with Gasteiger partial charge in [-0.2, -0.15) is 5.10 Å². The van der Waals surface area contributed by atoms with Crippen molar-refractivity contribution >= 4 is 55.7 Å². The molecule has 2 amide bonds. The fraction of sp³-hybridized carbons (Fsp3) is 0.517. The molecular weight excluding hydrogens is 1050 g/mol. The second-order valence-electron chi connectivity index (χ2n) is 23.9. The quantitative estimate of drug-likeness (QED) is 0.0910. The number of rotatable bonds is 16. The summed E-state index contributed by atoms with van der Waals surface area (Å²) >= 11 is 0. The fourth-order valence-electron chi connectivity index (χ4n) is 11.4. The number of H-pyrrole nitrogens is 2. The molecular formula is C58H76FN15O6S. The molecule has 2 aromatic carbocycles. The van der Waals surface area contributed by atoms with E-state index in [0.29, 0.717) is 85.9 Å². The zero-order valence-electron chi connectivity index (χ0n) is 48.0. The molecule has 3 fully saturated rings.